The normalized spacial score (nSPS) is 11.2. The molecule has 4 aromatic rings. The third kappa shape index (κ3) is 3.70. The molecule has 0 radical (unpaired) electrons. The predicted octanol–water partition coefficient (Wildman–Crippen LogP) is 4.28. The average molecular weight is 361 g/mol. The number of carbonyl (C=O) groups excluding carboxylic acids is 1. The number of hydrogen-bond donors (Lipinski definition) is 1. The molecule has 3 aromatic heterocycles. The molecule has 3 heterocycles. The number of oxazole rings is 1. The molecule has 0 aliphatic rings. The summed E-state index contributed by atoms with van der Waals surface area (Å²) in [7, 11) is 0. The first-order valence-electron chi connectivity index (χ1n) is 8.08. The van der Waals surface area contributed by atoms with E-state index >= 15 is 0 Å². The zero-order valence-electron chi connectivity index (χ0n) is 13.8. The van der Waals surface area contributed by atoms with Crippen molar-refractivity contribution >= 4 is 34.2 Å². The highest BCUT2D eigenvalue weighted by Gasteiger charge is 2.08. The second-order valence-electron chi connectivity index (χ2n) is 5.60. The third-order valence-corrected chi connectivity index (χ3v) is 4.61. The number of carbonyl (C=O) groups is 1. The molecular weight excluding hydrogens is 346 g/mol. The molecule has 0 unspecified atom stereocenters. The Hall–Kier alpha value is -3.25. The van der Waals surface area contributed by atoms with E-state index in [-0.39, 0.29) is 5.91 Å². The van der Waals surface area contributed by atoms with Crippen LogP contribution in [0.25, 0.3) is 27.7 Å². The average Bonchev–Trinajstić information content (AvgIpc) is 3.36. The fraction of sp³-hybridized carbons (Fsp3) is 0.0500. The number of benzene rings is 1. The van der Waals surface area contributed by atoms with Crippen molar-refractivity contribution in [2.45, 2.75) is 6.54 Å². The van der Waals surface area contributed by atoms with Crippen molar-refractivity contribution in [2.24, 2.45) is 0 Å². The topological polar surface area (TPSA) is 68.0 Å². The first-order chi connectivity index (χ1) is 12.8. The van der Waals surface area contributed by atoms with Gasteiger partial charge in [0.25, 0.3) is 0 Å². The summed E-state index contributed by atoms with van der Waals surface area (Å²) in [6.07, 6.45) is 4.73. The van der Waals surface area contributed by atoms with Crippen LogP contribution in [0.15, 0.2) is 70.7 Å². The van der Waals surface area contributed by atoms with E-state index in [0.29, 0.717) is 18.1 Å². The molecule has 0 aliphatic carbocycles. The maximum Gasteiger partial charge on any atom is 0.244 e. The monoisotopic (exact) mass is 361 g/mol. The van der Waals surface area contributed by atoms with Gasteiger partial charge in [0, 0.05) is 11.5 Å². The van der Waals surface area contributed by atoms with Crippen molar-refractivity contribution in [3.8, 4) is 10.8 Å². The van der Waals surface area contributed by atoms with Crippen LogP contribution in [-0.4, -0.2) is 15.9 Å². The van der Waals surface area contributed by atoms with E-state index < -0.39 is 0 Å². The van der Waals surface area contributed by atoms with E-state index in [1.165, 1.54) is 6.08 Å². The molecular formula is C20H15N3O2S. The van der Waals surface area contributed by atoms with E-state index in [1.54, 1.807) is 23.7 Å². The summed E-state index contributed by atoms with van der Waals surface area (Å²) in [6, 6.07) is 15.6. The molecule has 0 aliphatic heterocycles. The zero-order chi connectivity index (χ0) is 17.8. The Bertz CT molecular complexity index is 1070. The molecule has 0 bridgehead atoms. The highest BCUT2D eigenvalue weighted by Crippen LogP contribution is 2.23. The molecule has 0 spiro atoms. The molecule has 0 saturated heterocycles. The van der Waals surface area contributed by atoms with Crippen LogP contribution in [0, 0.1) is 0 Å². The van der Waals surface area contributed by atoms with Gasteiger partial charge < -0.3 is 9.73 Å². The van der Waals surface area contributed by atoms with Gasteiger partial charge in [0.2, 0.25) is 11.8 Å². The van der Waals surface area contributed by atoms with Crippen LogP contribution in [0.3, 0.4) is 0 Å². The first-order valence-corrected chi connectivity index (χ1v) is 8.96. The second-order valence-corrected chi connectivity index (χ2v) is 6.55. The Balaban J connectivity index is 1.36. The zero-order valence-corrected chi connectivity index (χ0v) is 14.6. The van der Waals surface area contributed by atoms with Crippen LogP contribution in [0.5, 0.6) is 0 Å². The number of nitrogens with zero attached hydrogens (tertiary/aromatic N) is 2. The third-order valence-electron chi connectivity index (χ3n) is 3.75. The van der Waals surface area contributed by atoms with Crippen LogP contribution < -0.4 is 5.32 Å². The number of fused-ring (bicyclic) bond motifs is 1. The number of hydrogen-bond acceptors (Lipinski definition) is 5. The van der Waals surface area contributed by atoms with Gasteiger partial charge in [-0.2, -0.15) is 0 Å². The Morgan fingerprint density at radius 1 is 1.12 bits per heavy atom. The van der Waals surface area contributed by atoms with Crippen LogP contribution in [0.1, 0.15) is 11.4 Å². The van der Waals surface area contributed by atoms with Crippen molar-refractivity contribution < 1.29 is 9.21 Å². The second kappa shape index (κ2) is 7.33. The predicted molar refractivity (Wildman–Crippen MR) is 102 cm³/mol. The number of rotatable bonds is 5. The van der Waals surface area contributed by atoms with Gasteiger partial charge in [0.05, 0.1) is 28.3 Å². The van der Waals surface area contributed by atoms with Crippen molar-refractivity contribution in [1.29, 1.82) is 0 Å². The van der Waals surface area contributed by atoms with Gasteiger partial charge in [0.1, 0.15) is 6.26 Å². The van der Waals surface area contributed by atoms with Crippen molar-refractivity contribution in [2.75, 3.05) is 0 Å². The number of pyridine rings is 1. The molecule has 1 aromatic carbocycles. The summed E-state index contributed by atoms with van der Waals surface area (Å²) in [5.74, 6) is 0.362. The van der Waals surface area contributed by atoms with Crippen molar-refractivity contribution in [3.63, 3.8) is 0 Å². The minimum atomic E-state index is -0.208. The van der Waals surface area contributed by atoms with Crippen LogP contribution in [-0.2, 0) is 11.3 Å². The highest BCUT2D eigenvalue weighted by atomic mass is 32.1. The van der Waals surface area contributed by atoms with Crippen LogP contribution in [0.4, 0.5) is 0 Å². The lowest BCUT2D eigenvalue weighted by molar-refractivity contribution is -0.116. The molecule has 1 amide bonds. The van der Waals surface area contributed by atoms with Crippen LogP contribution in [0.2, 0.25) is 0 Å². The fourth-order valence-electron chi connectivity index (χ4n) is 2.47. The van der Waals surface area contributed by atoms with Crippen molar-refractivity contribution in [1.82, 2.24) is 15.3 Å². The van der Waals surface area contributed by atoms with Gasteiger partial charge in [0.15, 0.2) is 0 Å². The van der Waals surface area contributed by atoms with Gasteiger partial charge in [-0.15, -0.1) is 11.3 Å². The summed E-state index contributed by atoms with van der Waals surface area (Å²) in [5.41, 5.74) is 2.32. The minimum absolute atomic E-state index is 0.208. The fourth-order valence-corrected chi connectivity index (χ4v) is 3.13. The number of thiophene rings is 1. The first kappa shape index (κ1) is 16.2. The number of para-hydroxylation sites is 1. The molecule has 26 heavy (non-hydrogen) atoms. The molecule has 4 rings (SSSR count). The van der Waals surface area contributed by atoms with Gasteiger partial charge >= 0.3 is 0 Å². The molecule has 1 N–H and O–H groups in total. The van der Waals surface area contributed by atoms with Crippen LogP contribution >= 0.6 is 11.3 Å². The SMILES string of the molecule is O=C(C=Cc1ccc2ccccc2n1)NCc1coc(-c2cccs2)n1. The summed E-state index contributed by atoms with van der Waals surface area (Å²) in [4.78, 5) is 21.8. The molecule has 0 fully saturated rings. The smallest absolute Gasteiger partial charge is 0.244 e. The lowest BCUT2D eigenvalue weighted by atomic mass is 10.2. The molecule has 6 heteroatoms. The van der Waals surface area contributed by atoms with E-state index in [9.17, 15) is 4.79 Å². The van der Waals surface area contributed by atoms with E-state index in [2.05, 4.69) is 15.3 Å². The number of aromatic nitrogens is 2. The lowest BCUT2D eigenvalue weighted by Crippen LogP contribution is -2.20. The largest absolute Gasteiger partial charge is 0.443 e. The molecule has 5 nitrogen and oxygen atoms in total. The van der Waals surface area contributed by atoms with Gasteiger partial charge in [-0.3, -0.25) is 4.79 Å². The molecule has 128 valence electrons. The Morgan fingerprint density at radius 2 is 2.04 bits per heavy atom. The van der Waals surface area contributed by atoms with E-state index in [1.807, 2.05) is 53.9 Å². The highest BCUT2D eigenvalue weighted by molar-refractivity contribution is 7.13. The Labute approximate surface area is 154 Å². The summed E-state index contributed by atoms with van der Waals surface area (Å²) in [5, 5.41) is 5.83. The van der Waals surface area contributed by atoms with Gasteiger partial charge in [-0.05, 0) is 29.7 Å². The number of amides is 1. The molecule has 0 saturated carbocycles. The summed E-state index contributed by atoms with van der Waals surface area (Å²) < 4.78 is 5.43. The molecule has 0 atom stereocenters. The minimum Gasteiger partial charge on any atom is -0.443 e. The van der Waals surface area contributed by atoms with Gasteiger partial charge in [-0.1, -0.05) is 30.3 Å². The summed E-state index contributed by atoms with van der Waals surface area (Å²) >= 11 is 1.56. The maximum atomic E-state index is 12.0. The number of nitrogens with one attached hydrogen (secondary N) is 1. The Morgan fingerprint density at radius 3 is 2.92 bits per heavy atom. The standard InChI is InChI=1S/C20H15N3O2S/c24-19(10-9-15-8-7-14-4-1-2-5-17(14)22-15)21-12-16-13-25-20(23-16)18-6-3-11-26-18/h1-11,13H,12H2,(H,21,24). The van der Waals surface area contributed by atoms with E-state index in [4.69, 9.17) is 4.42 Å². The van der Waals surface area contributed by atoms with Gasteiger partial charge in [-0.25, -0.2) is 9.97 Å². The van der Waals surface area contributed by atoms with E-state index in [0.717, 1.165) is 21.5 Å². The Kier molecular flexibility index (Phi) is 4.57. The van der Waals surface area contributed by atoms with Crippen molar-refractivity contribution in [3.05, 3.63) is 77.6 Å². The summed E-state index contributed by atoms with van der Waals surface area (Å²) in [6.45, 7) is 0.309. The quantitative estimate of drug-likeness (QED) is 0.539. The maximum absolute atomic E-state index is 12.0. The lowest BCUT2D eigenvalue weighted by Gasteiger charge is -1.99.